The number of para-hydroxylation sites is 2. The third-order valence-corrected chi connectivity index (χ3v) is 24.0. The van der Waals surface area contributed by atoms with Gasteiger partial charge in [0.2, 0.25) is 0 Å². The number of fused-ring (bicyclic) bond motifs is 20. The SMILES string of the molecule is CC1C2=C(c3cccc4c3-c3ccccc3C43c4cc(-c5ccccc5)ccc4-c4ccc(-c5ccccc5)cc43)C(C)C3=C1C(C)(C=C1c4ccccc4N(c4ccccc4)C13C)c1ccc3oc4c(c3c1)C(=CCC#CC4)N2c1cccc2c1C1CC=CC=C1C2(C)C. The van der Waals surface area contributed by atoms with Gasteiger partial charge in [-0.3, -0.25) is 0 Å². The Morgan fingerprint density at radius 2 is 1.16 bits per heavy atom. The van der Waals surface area contributed by atoms with E-state index >= 15 is 0 Å². The first-order valence-electron chi connectivity index (χ1n) is 34.3. The molecule has 2 aliphatic heterocycles. The summed E-state index contributed by atoms with van der Waals surface area (Å²) in [5.74, 6) is 8.07. The van der Waals surface area contributed by atoms with Gasteiger partial charge in [0.1, 0.15) is 11.3 Å². The molecule has 9 aliphatic rings. The number of hydrogen-bond donors (Lipinski definition) is 0. The second-order valence-corrected chi connectivity index (χ2v) is 28.8. The Hall–Kier alpha value is -10.7. The summed E-state index contributed by atoms with van der Waals surface area (Å²) in [4.78, 5) is 5.56. The third-order valence-electron chi connectivity index (χ3n) is 24.0. The molecule has 3 nitrogen and oxygen atoms in total. The molecule has 5 atom stereocenters. The first-order valence-corrected chi connectivity index (χ1v) is 34.3. The van der Waals surface area contributed by atoms with E-state index in [1.165, 1.54) is 145 Å². The average Bonchev–Trinajstić information content (AvgIpc) is 1.59. The Bertz CT molecular complexity index is 5420. The molecule has 7 aliphatic carbocycles. The van der Waals surface area contributed by atoms with Crippen molar-refractivity contribution < 1.29 is 4.42 Å². The first-order chi connectivity index (χ1) is 46.5. The van der Waals surface area contributed by atoms with Crippen molar-refractivity contribution in [1.82, 2.24) is 0 Å². The molecule has 20 rings (SSSR count). The monoisotopic (exact) mass is 1220 g/mol. The smallest absolute Gasteiger partial charge is 0.135 e. The largest absolute Gasteiger partial charge is 0.459 e. The minimum Gasteiger partial charge on any atom is -0.459 e. The van der Waals surface area contributed by atoms with Gasteiger partial charge in [0.15, 0.2) is 0 Å². The lowest BCUT2D eigenvalue weighted by Gasteiger charge is -2.55. The molecule has 0 N–H and O–H groups in total. The lowest BCUT2D eigenvalue weighted by molar-refractivity contribution is 0.496. The normalized spacial score (nSPS) is 22.7. The van der Waals surface area contributed by atoms with Crippen molar-refractivity contribution >= 4 is 44.9 Å². The predicted molar refractivity (Wildman–Crippen MR) is 391 cm³/mol. The number of allylic oxidation sites excluding steroid dienone is 8. The quantitative estimate of drug-likeness (QED) is 0.126. The van der Waals surface area contributed by atoms with Gasteiger partial charge in [0.25, 0.3) is 0 Å². The average molecular weight is 1220 g/mol. The first kappa shape index (κ1) is 54.9. The van der Waals surface area contributed by atoms with E-state index in [-0.39, 0.29) is 23.2 Å². The van der Waals surface area contributed by atoms with Crippen LogP contribution >= 0.6 is 0 Å². The van der Waals surface area contributed by atoms with E-state index in [4.69, 9.17) is 4.42 Å². The fourth-order valence-corrected chi connectivity index (χ4v) is 20.3. The second-order valence-electron chi connectivity index (χ2n) is 28.8. The van der Waals surface area contributed by atoms with Crippen LogP contribution in [0.25, 0.3) is 72.3 Å². The van der Waals surface area contributed by atoms with Gasteiger partial charge in [-0.05, 0) is 186 Å². The molecule has 1 spiro atoms. The van der Waals surface area contributed by atoms with Crippen molar-refractivity contribution in [3.8, 4) is 56.3 Å². The highest BCUT2D eigenvalue weighted by Crippen LogP contribution is 2.70. The van der Waals surface area contributed by atoms with Crippen molar-refractivity contribution in [3.63, 3.8) is 0 Å². The molecule has 0 radical (unpaired) electrons. The van der Waals surface area contributed by atoms with Gasteiger partial charge in [0, 0.05) is 74.3 Å². The Morgan fingerprint density at radius 1 is 0.516 bits per heavy atom. The molecular weight excluding hydrogens is 1150 g/mol. The molecule has 95 heavy (non-hydrogen) atoms. The summed E-state index contributed by atoms with van der Waals surface area (Å²) >= 11 is 0. The number of benzene rings is 10. The second kappa shape index (κ2) is 19.5. The summed E-state index contributed by atoms with van der Waals surface area (Å²) in [6.45, 7) is 15.3. The molecule has 0 fully saturated rings. The van der Waals surface area contributed by atoms with Gasteiger partial charge in [-0.2, -0.15) is 0 Å². The van der Waals surface area contributed by atoms with E-state index in [1.54, 1.807) is 0 Å². The molecule has 11 aromatic rings. The van der Waals surface area contributed by atoms with Crippen LogP contribution in [0.4, 0.5) is 17.1 Å². The van der Waals surface area contributed by atoms with Gasteiger partial charge in [-0.25, -0.2) is 0 Å². The third kappa shape index (κ3) is 7.02. The molecule has 0 amide bonds. The minimum absolute atomic E-state index is 0.148. The molecule has 10 aromatic carbocycles. The highest BCUT2D eigenvalue weighted by molar-refractivity contribution is 6.07. The Kier molecular flexibility index (Phi) is 11.2. The minimum atomic E-state index is -0.677. The summed E-state index contributed by atoms with van der Waals surface area (Å²) in [5, 5.41) is 1.14. The van der Waals surface area contributed by atoms with Gasteiger partial charge in [-0.1, -0.05) is 251 Å². The standard InChI is InChI=1S/C92H70N2O/c1-55-82(68-36-25-40-73-83(68)67-35-20-23-38-71(67)92(73)74-51-59(57-27-11-7-12-28-57)45-48-63(74)64-49-46-60(52-75(64)92)58-29-13-8-14-30-58)88-56(2)86-87(55)91(6)76(65-33-21-24-41-77(65)94(91)62-31-15-9-16-32-62)54-90(86,5)61-47-50-80-69(53-61)85-79(42-17-10-18-44-81(85)95-80)93(88)78-43-26-39-72-84(78)66-34-19-22-37-70(66)89(72,3)4/h7-9,11-16,19-33,35-43,45-56,66H,17,34,44H2,1-6H3. The Balaban J connectivity index is 0.954. The van der Waals surface area contributed by atoms with Gasteiger partial charge in [0.05, 0.1) is 23.1 Å². The van der Waals surface area contributed by atoms with Crippen molar-refractivity contribution in [2.45, 2.75) is 88.5 Å². The summed E-state index contributed by atoms with van der Waals surface area (Å²) in [5.41, 5.74) is 35.3. The fraction of sp³-hybridized carbons (Fsp3) is 0.174. The van der Waals surface area contributed by atoms with Crippen molar-refractivity contribution in [2.75, 3.05) is 9.80 Å². The van der Waals surface area contributed by atoms with E-state index < -0.39 is 16.4 Å². The Labute approximate surface area is 557 Å². The maximum atomic E-state index is 7.27. The van der Waals surface area contributed by atoms with E-state index in [9.17, 15) is 0 Å². The molecule has 0 saturated heterocycles. The highest BCUT2D eigenvalue weighted by Gasteiger charge is 2.60. The summed E-state index contributed by atoms with van der Waals surface area (Å²) in [7, 11) is 0. The maximum absolute atomic E-state index is 7.27. The van der Waals surface area contributed by atoms with Crippen molar-refractivity contribution in [2.24, 2.45) is 11.8 Å². The van der Waals surface area contributed by atoms with Crippen LogP contribution in [0.3, 0.4) is 0 Å². The van der Waals surface area contributed by atoms with Crippen LogP contribution in [0.2, 0.25) is 0 Å². The van der Waals surface area contributed by atoms with Crippen LogP contribution in [0.1, 0.15) is 122 Å². The number of nitrogens with zero attached hydrogens (tertiary/aromatic N) is 2. The summed E-state index contributed by atoms with van der Waals surface area (Å²) < 4.78 is 7.27. The van der Waals surface area contributed by atoms with Crippen molar-refractivity contribution in [1.29, 1.82) is 0 Å². The maximum Gasteiger partial charge on any atom is 0.135 e. The van der Waals surface area contributed by atoms with Crippen LogP contribution in [-0.4, -0.2) is 5.54 Å². The zero-order valence-electron chi connectivity index (χ0n) is 54.5. The molecule has 3 heteroatoms. The molecule has 0 saturated carbocycles. The van der Waals surface area contributed by atoms with Crippen LogP contribution < -0.4 is 9.80 Å². The highest BCUT2D eigenvalue weighted by atomic mass is 16.3. The van der Waals surface area contributed by atoms with Gasteiger partial charge < -0.3 is 14.2 Å². The molecule has 5 unspecified atom stereocenters. The number of hydrogen-bond acceptors (Lipinski definition) is 3. The van der Waals surface area contributed by atoms with Crippen LogP contribution in [0, 0.1) is 23.7 Å². The molecule has 4 bridgehead atoms. The molecule has 454 valence electrons. The van der Waals surface area contributed by atoms with E-state index in [1.807, 2.05) is 0 Å². The topological polar surface area (TPSA) is 19.6 Å². The molecule has 3 heterocycles. The lowest BCUT2D eigenvalue weighted by atomic mass is 9.54. The van der Waals surface area contributed by atoms with Crippen molar-refractivity contribution in [3.05, 3.63) is 345 Å². The van der Waals surface area contributed by atoms with Crippen LogP contribution in [0.15, 0.2) is 288 Å². The Morgan fingerprint density at radius 3 is 1.91 bits per heavy atom. The molecule has 1 aromatic heterocycles. The molecular formula is C92H70N2O. The zero-order chi connectivity index (χ0) is 63.4. The number of furan rings is 1. The van der Waals surface area contributed by atoms with E-state index in [0.717, 1.165) is 34.4 Å². The fourth-order valence-electron chi connectivity index (χ4n) is 20.3. The summed E-state index contributed by atoms with van der Waals surface area (Å²) in [6, 6.07) is 88.7. The zero-order valence-corrected chi connectivity index (χ0v) is 54.5. The predicted octanol–water partition coefficient (Wildman–Crippen LogP) is 22.4. The van der Waals surface area contributed by atoms with Crippen LogP contribution in [-0.2, 0) is 22.7 Å². The van der Waals surface area contributed by atoms with E-state index in [0.29, 0.717) is 12.8 Å². The number of rotatable bonds is 5. The van der Waals surface area contributed by atoms with Crippen LogP contribution in [0.5, 0.6) is 0 Å². The summed E-state index contributed by atoms with van der Waals surface area (Å²) in [6.07, 6.45) is 14.4. The van der Waals surface area contributed by atoms with Gasteiger partial charge in [-0.15, -0.1) is 0 Å². The lowest BCUT2D eigenvalue weighted by Crippen LogP contribution is -2.52. The van der Waals surface area contributed by atoms with Gasteiger partial charge >= 0.3 is 0 Å². The number of anilines is 3. The van der Waals surface area contributed by atoms with E-state index in [2.05, 4.69) is 324 Å².